The van der Waals surface area contributed by atoms with Gasteiger partial charge in [-0.05, 0) is 67.3 Å². The summed E-state index contributed by atoms with van der Waals surface area (Å²) < 4.78 is 0. The van der Waals surface area contributed by atoms with Crippen molar-refractivity contribution >= 4 is 10.9 Å². The summed E-state index contributed by atoms with van der Waals surface area (Å²) in [7, 11) is -0.0626. The molecule has 0 bridgehead atoms. The summed E-state index contributed by atoms with van der Waals surface area (Å²) >= 11 is 0. The molecule has 1 aliphatic rings. The van der Waals surface area contributed by atoms with E-state index >= 15 is 0 Å². The van der Waals surface area contributed by atoms with E-state index in [1.165, 1.54) is 20.2 Å². The molecule has 0 fully saturated rings. The van der Waals surface area contributed by atoms with Gasteiger partial charge in [-0.15, -0.1) is 0 Å². The lowest BCUT2D eigenvalue weighted by molar-refractivity contribution is 0.616. The monoisotopic (exact) mass is 367 g/mol. The molecule has 1 heteroatoms. The molecule has 1 atom stereocenters. The molecule has 0 nitrogen and oxygen atoms in total. The predicted octanol–water partition coefficient (Wildman–Crippen LogP) is 6.29. The maximum absolute atomic E-state index is 3.33. The van der Waals surface area contributed by atoms with Gasteiger partial charge < -0.3 is 0 Å². The summed E-state index contributed by atoms with van der Waals surface area (Å²) in [5, 5.41) is 0. The molecule has 3 aromatic carbocycles. The fraction of sp³-hybridized carbons (Fsp3) is 0.154. The zero-order chi connectivity index (χ0) is 18.3. The maximum Gasteiger partial charge on any atom is 0.166 e. The van der Waals surface area contributed by atoms with Crippen molar-refractivity contribution in [3.63, 3.8) is 0 Å². The SMILES string of the molecule is C1#CC(CCc2ccc([S+](c3ccccc3)c3ccccc3)cc2)CC=C1. The Labute approximate surface area is 165 Å². The smallest absolute Gasteiger partial charge is 0.0948 e. The summed E-state index contributed by atoms with van der Waals surface area (Å²) in [5.41, 5.74) is 1.40. The molecule has 1 unspecified atom stereocenters. The highest BCUT2D eigenvalue weighted by molar-refractivity contribution is 7.97. The third kappa shape index (κ3) is 4.54. The van der Waals surface area contributed by atoms with E-state index < -0.39 is 0 Å². The minimum absolute atomic E-state index is 0.0626. The van der Waals surface area contributed by atoms with Crippen LogP contribution in [0.2, 0.25) is 0 Å². The predicted molar refractivity (Wildman–Crippen MR) is 115 cm³/mol. The lowest BCUT2D eigenvalue weighted by Crippen LogP contribution is -2.05. The molecule has 0 saturated heterocycles. The van der Waals surface area contributed by atoms with E-state index in [2.05, 4.69) is 103 Å². The van der Waals surface area contributed by atoms with Crippen molar-refractivity contribution in [3.05, 3.63) is 103 Å². The Morgan fingerprint density at radius 3 is 1.89 bits per heavy atom. The van der Waals surface area contributed by atoms with Gasteiger partial charge in [-0.25, -0.2) is 0 Å². The average Bonchev–Trinajstić information content (AvgIpc) is 2.76. The topological polar surface area (TPSA) is 0 Å². The Morgan fingerprint density at radius 1 is 0.741 bits per heavy atom. The first-order valence-electron chi connectivity index (χ1n) is 9.49. The molecule has 3 aromatic rings. The van der Waals surface area contributed by atoms with Gasteiger partial charge in [0.25, 0.3) is 0 Å². The van der Waals surface area contributed by atoms with Crippen LogP contribution in [0.4, 0.5) is 0 Å². The molecule has 0 spiro atoms. The van der Waals surface area contributed by atoms with Crippen molar-refractivity contribution in [1.82, 2.24) is 0 Å². The zero-order valence-corrected chi connectivity index (χ0v) is 16.2. The van der Waals surface area contributed by atoms with Gasteiger partial charge in [0.2, 0.25) is 0 Å². The number of hydrogen-bond acceptors (Lipinski definition) is 0. The van der Waals surface area contributed by atoms with Crippen LogP contribution in [-0.2, 0) is 17.3 Å². The number of benzene rings is 3. The molecule has 0 aromatic heterocycles. The molecule has 27 heavy (non-hydrogen) atoms. The first-order chi connectivity index (χ1) is 13.4. The van der Waals surface area contributed by atoms with Gasteiger partial charge in [0.15, 0.2) is 14.7 Å². The lowest BCUT2D eigenvalue weighted by Gasteiger charge is -2.11. The van der Waals surface area contributed by atoms with Crippen LogP contribution in [0.1, 0.15) is 18.4 Å². The highest BCUT2D eigenvalue weighted by Crippen LogP contribution is 2.31. The van der Waals surface area contributed by atoms with E-state index in [4.69, 9.17) is 0 Å². The van der Waals surface area contributed by atoms with Crippen LogP contribution in [0, 0.1) is 17.8 Å². The fourth-order valence-electron chi connectivity index (χ4n) is 3.36. The molecular weight excluding hydrogens is 344 g/mol. The van der Waals surface area contributed by atoms with Crippen LogP contribution in [0.3, 0.4) is 0 Å². The van der Waals surface area contributed by atoms with Crippen molar-refractivity contribution in [2.45, 2.75) is 33.9 Å². The third-order valence-electron chi connectivity index (χ3n) is 4.81. The van der Waals surface area contributed by atoms with Crippen LogP contribution in [-0.4, -0.2) is 0 Å². The molecule has 0 N–H and O–H groups in total. The molecule has 132 valence electrons. The Bertz CT molecular complexity index is 904. The second kappa shape index (κ2) is 8.80. The van der Waals surface area contributed by atoms with E-state index in [9.17, 15) is 0 Å². The summed E-state index contributed by atoms with van der Waals surface area (Å²) in [6.45, 7) is 0. The standard InChI is InChI=1S/C26H23S/c1-4-10-22(11-5-1)16-17-23-18-20-26(21-19-23)27(24-12-6-2-7-13-24)25-14-8-3-9-15-25/h1-4,6-9,12-15,18-22H,10,16-17H2/q+1. The van der Waals surface area contributed by atoms with E-state index in [0.717, 1.165) is 19.3 Å². The van der Waals surface area contributed by atoms with Crippen molar-refractivity contribution in [2.75, 3.05) is 0 Å². The van der Waals surface area contributed by atoms with Crippen LogP contribution < -0.4 is 0 Å². The molecule has 4 rings (SSSR count). The number of allylic oxidation sites excluding steroid dienone is 2. The van der Waals surface area contributed by atoms with Gasteiger partial charge in [0.1, 0.15) is 0 Å². The first kappa shape index (κ1) is 17.7. The van der Waals surface area contributed by atoms with Crippen LogP contribution in [0.5, 0.6) is 0 Å². The lowest BCUT2D eigenvalue weighted by atomic mass is 9.95. The summed E-state index contributed by atoms with van der Waals surface area (Å²) in [6, 6.07) is 30.9. The molecule has 0 radical (unpaired) electrons. The first-order valence-corrected chi connectivity index (χ1v) is 10.7. The van der Waals surface area contributed by atoms with Gasteiger partial charge in [0, 0.05) is 5.92 Å². The average molecular weight is 368 g/mol. The van der Waals surface area contributed by atoms with Gasteiger partial charge in [-0.3, -0.25) is 0 Å². The normalized spacial score (nSPS) is 15.4. The van der Waals surface area contributed by atoms with Crippen LogP contribution >= 0.6 is 0 Å². The van der Waals surface area contributed by atoms with Crippen molar-refractivity contribution in [2.24, 2.45) is 5.92 Å². The Morgan fingerprint density at radius 2 is 1.33 bits per heavy atom. The molecule has 0 amide bonds. The summed E-state index contributed by atoms with van der Waals surface area (Å²) in [4.78, 5) is 4.10. The highest BCUT2D eigenvalue weighted by atomic mass is 32.2. The van der Waals surface area contributed by atoms with E-state index in [0.29, 0.717) is 5.92 Å². The largest absolute Gasteiger partial charge is 0.166 e. The quantitative estimate of drug-likeness (QED) is 0.354. The minimum Gasteiger partial charge on any atom is -0.0948 e. The van der Waals surface area contributed by atoms with Gasteiger partial charge >= 0.3 is 0 Å². The van der Waals surface area contributed by atoms with Gasteiger partial charge in [-0.2, -0.15) is 0 Å². The Balaban J connectivity index is 1.55. The van der Waals surface area contributed by atoms with Gasteiger partial charge in [0.05, 0.1) is 10.9 Å². The number of hydrogen-bond donors (Lipinski definition) is 0. The van der Waals surface area contributed by atoms with Gasteiger partial charge in [-0.1, -0.05) is 66.4 Å². The number of rotatable bonds is 6. The van der Waals surface area contributed by atoms with Crippen molar-refractivity contribution < 1.29 is 0 Å². The third-order valence-corrected chi connectivity index (χ3v) is 7.04. The molecule has 0 saturated carbocycles. The summed E-state index contributed by atoms with van der Waals surface area (Å²) in [5.74, 6) is 6.94. The molecule has 0 aliphatic heterocycles. The van der Waals surface area contributed by atoms with Crippen molar-refractivity contribution in [3.8, 4) is 11.8 Å². The Kier molecular flexibility index (Phi) is 5.77. The van der Waals surface area contributed by atoms with Crippen LogP contribution in [0.15, 0.2) is 112 Å². The maximum atomic E-state index is 3.33. The fourth-order valence-corrected chi connectivity index (χ4v) is 5.44. The minimum atomic E-state index is -0.0626. The summed E-state index contributed by atoms with van der Waals surface area (Å²) in [6.07, 6.45) is 7.49. The second-order valence-corrected chi connectivity index (χ2v) is 8.77. The van der Waals surface area contributed by atoms with E-state index in [1.54, 1.807) is 0 Å². The van der Waals surface area contributed by atoms with Crippen molar-refractivity contribution in [1.29, 1.82) is 0 Å². The molecular formula is C26H23S+. The van der Waals surface area contributed by atoms with E-state index in [-0.39, 0.29) is 10.9 Å². The molecule has 0 heterocycles. The van der Waals surface area contributed by atoms with E-state index in [1.807, 2.05) is 6.08 Å². The number of aryl methyl sites for hydroxylation is 1. The zero-order valence-electron chi connectivity index (χ0n) is 15.3. The molecule has 1 aliphatic carbocycles. The van der Waals surface area contributed by atoms with Crippen LogP contribution in [0.25, 0.3) is 0 Å². The second-order valence-electron chi connectivity index (χ2n) is 6.74. The Hall–Kier alpha value is -2.69. The highest BCUT2D eigenvalue weighted by Gasteiger charge is 2.27.